The number of hydrogen-bond donors (Lipinski definition) is 1. The van der Waals surface area contributed by atoms with Crippen LogP contribution in [-0.2, 0) is 11.3 Å². The Labute approximate surface area is 106 Å². The third-order valence-corrected chi connectivity index (χ3v) is 3.75. The fourth-order valence-electron chi connectivity index (χ4n) is 1.87. The van der Waals surface area contributed by atoms with Crippen LogP contribution < -0.4 is 0 Å². The number of ether oxygens (including phenoxy) is 1. The number of aliphatic hydroxyl groups excluding tert-OH is 1. The summed E-state index contributed by atoms with van der Waals surface area (Å²) in [4.78, 5) is 3.75. The molecule has 1 unspecified atom stereocenters. The molecule has 1 aromatic rings. The van der Waals surface area contributed by atoms with Crippen molar-refractivity contribution in [2.75, 3.05) is 26.4 Å². The lowest BCUT2D eigenvalue weighted by atomic mass is 10.2. The van der Waals surface area contributed by atoms with Crippen LogP contribution in [0.3, 0.4) is 0 Å². The Kier molecular flexibility index (Phi) is 4.57. The lowest BCUT2D eigenvalue weighted by Crippen LogP contribution is -2.42. The summed E-state index contributed by atoms with van der Waals surface area (Å²) < 4.78 is 5.42. The van der Waals surface area contributed by atoms with Crippen LogP contribution in [0.25, 0.3) is 0 Å². The molecule has 1 fully saturated rings. The molecular formula is C13H17NO2S. The summed E-state index contributed by atoms with van der Waals surface area (Å²) in [7, 11) is 0. The van der Waals surface area contributed by atoms with E-state index in [0.717, 1.165) is 31.9 Å². The molecule has 0 spiro atoms. The molecule has 1 N–H and O–H groups in total. The van der Waals surface area contributed by atoms with E-state index in [1.807, 2.05) is 5.38 Å². The molecule has 17 heavy (non-hydrogen) atoms. The average Bonchev–Trinajstić information content (AvgIpc) is 2.77. The molecule has 92 valence electrons. The van der Waals surface area contributed by atoms with Gasteiger partial charge in [-0.25, -0.2) is 0 Å². The van der Waals surface area contributed by atoms with Gasteiger partial charge in [0.05, 0.1) is 13.2 Å². The lowest BCUT2D eigenvalue weighted by Gasteiger charge is -2.32. The third kappa shape index (κ3) is 3.55. The van der Waals surface area contributed by atoms with Gasteiger partial charge in [-0.1, -0.05) is 11.8 Å². The molecule has 2 heterocycles. The van der Waals surface area contributed by atoms with Gasteiger partial charge in [0.25, 0.3) is 0 Å². The van der Waals surface area contributed by atoms with E-state index >= 15 is 0 Å². The molecule has 0 amide bonds. The Bertz CT molecular complexity index is 419. The Morgan fingerprint density at radius 3 is 3.29 bits per heavy atom. The maximum atomic E-state index is 8.64. The van der Waals surface area contributed by atoms with E-state index in [2.05, 4.69) is 29.7 Å². The Hall–Kier alpha value is -0.860. The highest BCUT2D eigenvalue weighted by atomic mass is 32.1. The van der Waals surface area contributed by atoms with E-state index in [1.165, 1.54) is 4.88 Å². The third-order valence-electron chi connectivity index (χ3n) is 2.83. The van der Waals surface area contributed by atoms with Gasteiger partial charge in [0.1, 0.15) is 6.61 Å². The highest BCUT2D eigenvalue weighted by Gasteiger charge is 2.19. The van der Waals surface area contributed by atoms with Crippen LogP contribution in [-0.4, -0.2) is 42.4 Å². The molecular weight excluding hydrogens is 234 g/mol. The van der Waals surface area contributed by atoms with Crippen molar-refractivity contribution in [1.82, 2.24) is 4.90 Å². The maximum absolute atomic E-state index is 8.64. The molecule has 0 radical (unpaired) electrons. The lowest BCUT2D eigenvalue weighted by molar-refractivity contribution is -0.00391. The highest BCUT2D eigenvalue weighted by molar-refractivity contribution is 7.10. The molecule has 4 heteroatoms. The highest BCUT2D eigenvalue weighted by Crippen LogP contribution is 2.18. The maximum Gasteiger partial charge on any atom is 0.104 e. The fraction of sp³-hybridized carbons (Fsp3) is 0.538. The molecule has 0 bridgehead atoms. The van der Waals surface area contributed by atoms with Crippen LogP contribution in [0.5, 0.6) is 0 Å². The monoisotopic (exact) mass is 251 g/mol. The van der Waals surface area contributed by atoms with Crippen molar-refractivity contribution in [3.8, 4) is 11.8 Å². The SMILES string of the molecule is CC1COCCN1Cc1cc(C#CCO)cs1. The molecule has 0 aromatic carbocycles. The zero-order valence-corrected chi connectivity index (χ0v) is 10.8. The van der Waals surface area contributed by atoms with Crippen molar-refractivity contribution in [1.29, 1.82) is 0 Å². The van der Waals surface area contributed by atoms with Gasteiger partial charge in [-0.2, -0.15) is 0 Å². The minimum atomic E-state index is -0.0777. The Morgan fingerprint density at radius 1 is 1.65 bits per heavy atom. The molecule has 3 nitrogen and oxygen atoms in total. The number of morpholine rings is 1. The molecule has 0 saturated carbocycles. The predicted molar refractivity (Wildman–Crippen MR) is 69.0 cm³/mol. The summed E-state index contributed by atoms with van der Waals surface area (Å²) in [6.07, 6.45) is 0. The largest absolute Gasteiger partial charge is 0.384 e. The van der Waals surface area contributed by atoms with Crippen LogP contribution >= 0.6 is 11.3 Å². The van der Waals surface area contributed by atoms with Crippen LogP contribution in [0.4, 0.5) is 0 Å². The number of rotatable bonds is 2. The van der Waals surface area contributed by atoms with Crippen LogP contribution in [0.2, 0.25) is 0 Å². The first-order valence-electron chi connectivity index (χ1n) is 5.78. The normalized spacial score (nSPS) is 20.9. The molecule has 0 aliphatic carbocycles. The van der Waals surface area contributed by atoms with Crippen molar-refractivity contribution < 1.29 is 9.84 Å². The standard InChI is InChI=1S/C13H17NO2S/c1-11-9-16-6-4-14(11)8-13-7-12(10-17-13)3-2-5-15/h7,10-11,15H,4-6,8-9H2,1H3. The smallest absolute Gasteiger partial charge is 0.104 e. The van der Waals surface area contributed by atoms with Crippen LogP contribution in [0.1, 0.15) is 17.4 Å². The summed E-state index contributed by atoms with van der Waals surface area (Å²) in [5.74, 6) is 5.60. The number of nitrogens with zero attached hydrogens (tertiary/aromatic N) is 1. The van der Waals surface area contributed by atoms with E-state index in [0.29, 0.717) is 6.04 Å². The number of hydrogen-bond acceptors (Lipinski definition) is 4. The Morgan fingerprint density at radius 2 is 2.53 bits per heavy atom. The predicted octanol–water partition coefficient (Wildman–Crippen LogP) is 1.31. The summed E-state index contributed by atoms with van der Waals surface area (Å²) in [5, 5.41) is 10.7. The molecule has 1 atom stereocenters. The second kappa shape index (κ2) is 6.18. The second-order valence-corrected chi connectivity index (χ2v) is 5.15. The quantitative estimate of drug-likeness (QED) is 0.805. The van der Waals surface area contributed by atoms with Gasteiger partial charge in [-0.3, -0.25) is 4.90 Å². The summed E-state index contributed by atoms with van der Waals surface area (Å²) in [6, 6.07) is 2.59. The minimum Gasteiger partial charge on any atom is -0.384 e. The summed E-state index contributed by atoms with van der Waals surface area (Å²) >= 11 is 1.73. The Balaban J connectivity index is 1.96. The van der Waals surface area contributed by atoms with Crippen LogP contribution in [0, 0.1) is 11.8 Å². The molecule has 1 aliphatic heterocycles. The number of thiophene rings is 1. The molecule has 1 aliphatic rings. The first-order valence-corrected chi connectivity index (χ1v) is 6.66. The first-order chi connectivity index (χ1) is 8.29. The van der Waals surface area contributed by atoms with E-state index in [1.54, 1.807) is 11.3 Å². The van der Waals surface area contributed by atoms with Gasteiger partial charge < -0.3 is 9.84 Å². The van der Waals surface area contributed by atoms with Gasteiger partial charge in [0.2, 0.25) is 0 Å². The summed E-state index contributed by atoms with van der Waals surface area (Å²) in [5.41, 5.74) is 1.000. The topological polar surface area (TPSA) is 32.7 Å². The van der Waals surface area contributed by atoms with Gasteiger partial charge in [0.15, 0.2) is 0 Å². The van der Waals surface area contributed by atoms with E-state index in [9.17, 15) is 0 Å². The molecule has 1 aromatic heterocycles. The van der Waals surface area contributed by atoms with Crippen molar-refractivity contribution in [3.05, 3.63) is 21.9 Å². The zero-order valence-electron chi connectivity index (χ0n) is 9.98. The van der Waals surface area contributed by atoms with Crippen molar-refractivity contribution in [3.63, 3.8) is 0 Å². The molecule has 1 saturated heterocycles. The second-order valence-electron chi connectivity index (χ2n) is 4.16. The van der Waals surface area contributed by atoms with Crippen molar-refractivity contribution >= 4 is 11.3 Å². The van der Waals surface area contributed by atoms with Crippen LogP contribution in [0.15, 0.2) is 11.4 Å². The number of aliphatic hydroxyl groups is 1. The first kappa shape index (κ1) is 12.6. The van der Waals surface area contributed by atoms with Crippen molar-refractivity contribution in [2.45, 2.75) is 19.5 Å². The van der Waals surface area contributed by atoms with Gasteiger partial charge in [-0.15, -0.1) is 11.3 Å². The minimum absolute atomic E-state index is 0.0777. The molecule has 2 rings (SSSR count). The van der Waals surface area contributed by atoms with Gasteiger partial charge >= 0.3 is 0 Å². The van der Waals surface area contributed by atoms with Crippen molar-refractivity contribution in [2.24, 2.45) is 0 Å². The fourth-order valence-corrected chi connectivity index (χ4v) is 2.71. The van der Waals surface area contributed by atoms with Gasteiger partial charge in [-0.05, 0) is 13.0 Å². The van der Waals surface area contributed by atoms with Gasteiger partial charge in [0, 0.05) is 35.0 Å². The van der Waals surface area contributed by atoms with E-state index in [-0.39, 0.29) is 6.61 Å². The zero-order chi connectivity index (χ0) is 12.1. The average molecular weight is 251 g/mol. The van der Waals surface area contributed by atoms with E-state index < -0.39 is 0 Å². The van der Waals surface area contributed by atoms with E-state index in [4.69, 9.17) is 9.84 Å². The summed E-state index contributed by atoms with van der Waals surface area (Å²) in [6.45, 7) is 5.73.